The number of rotatable bonds is 3. The molecule has 8 heavy (non-hydrogen) atoms. The first-order valence-electron chi connectivity index (χ1n) is 2.16. The van der Waals surface area contributed by atoms with Gasteiger partial charge in [-0.1, -0.05) is 5.18 Å². The van der Waals surface area contributed by atoms with E-state index in [0.717, 1.165) is 0 Å². The van der Waals surface area contributed by atoms with Crippen LogP contribution < -0.4 is 0 Å². The van der Waals surface area contributed by atoms with Crippen LogP contribution in [0.1, 0.15) is 0 Å². The minimum Gasteiger partial charge on any atom is -0.309 e. The highest BCUT2D eigenvalue weighted by Crippen LogP contribution is 1.91. The Balaban J connectivity index is 3.69. The van der Waals surface area contributed by atoms with E-state index in [-0.39, 0.29) is 11.4 Å². The first kappa shape index (κ1) is 7.68. The fourth-order valence-electron chi connectivity index (χ4n) is 0.236. The van der Waals surface area contributed by atoms with E-state index in [1.807, 2.05) is 0 Å². The largest absolute Gasteiger partial charge is 0.309 e. The monoisotopic (exact) mass is 131 g/mol. The molecule has 3 nitrogen and oxygen atoms in total. The smallest absolute Gasteiger partial charge is 0.190 e. The minimum absolute atomic E-state index is 0.207. The topological polar surface area (TPSA) is 46.5 Å². The minimum atomic E-state index is -0.752. The lowest BCUT2D eigenvalue weighted by molar-refractivity contribution is -0.112. The molecule has 0 aromatic carbocycles. The van der Waals surface area contributed by atoms with Crippen LogP contribution in [0.4, 0.5) is 0 Å². The summed E-state index contributed by atoms with van der Waals surface area (Å²) < 4.78 is 0. The van der Waals surface area contributed by atoms with E-state index in [0.29, 0.717) is 0 Å². The molecule has 5 heteroatoms. The molecule has 0 aromatic heterocycles. The molecule has 0 fully saturated rings. The first-order valence-corrected chi connectivity index (χ1v) is 2.79. The summed E-state index contributed by atoms with van der Waals surface area (Å²) in [5.74, 6) is 0.207. The Kier molecular flexibility index (Phi) is 3.51. The Morgan fingerprint density at radius 1 is 1.88 bits per heavy atom. The van der Waals surface area contributed by atoms with Gasteiger partial charge in [0.25, 0.3) is 0 Å². The van der Waals surface area contributed by atoms with Crippen molar-refractivity contribution < 1.29 is 4.79 Å². The molecule has 0 aliphatic heterocycles. The lowest BCUT2D eigenvalue weighted by atomic mass is 9.97. The first-order chi connectivity index (χ1) is 3.72. The van der Waals surface area contributed by atoms with Gasteiger partial charge in [-0.25, -0.2) is 0 Å². The molecule has 0 radical (unpaired) electrons. The zero-order valence-corrected chi connectivity index (χ0v) is 5.39. The van der Waals surface area contributed by atoms with Gasteiger partial charge in [0.1, 0.15) is 11.7 Å². The maximum Gasteiger partial charge on any atom is 0.190 e. The number of hydrogen-bond donors (Lipinski definition) is 1. The molecule has 1 atom stereocenters. The highest BCUT2D eigenvalue weighted by Gasteiger charge is 2.09. The lowest BCUT2D eigenvalue weighted by Gasteiger charge is -1.95. The van der Waals surface area contributed by atoms with E-state index in [2.05, 4.69) is 17.8 Å². The van der Waals surface area contributed by atoms with Crippen molar-refractivity contribution in [1.29, 1.82) is 0 Å². The van der Waals surface area contributed by atoms with Crippen LogP contribution in [0.3, 0.4) is 0 Å². The molecule has 0 aliphatic carbocycles. The van der Waals surface area contributed by atoms with E-state index < -0.39 is 6.04 Å². The summed E-state index contributed by atoms with van der Waals surface area (Å²) in [5.41, 5.74) is -0.227. The summed E-state index contributed by atoms with van der Waals surface area (Å²) in [6, 6.07) is -0.752. The van der Waals surface area contributed by atoms with Gasteiger partial charge in [0.2, 0.25) is 0 Å². The predicted molar refractivity (Wildman–Crippen MR) is 37.0 cm³/mol. The van der Waals surface area contributed by atoms with Crippen LogP contribution in [-0.4, -0.2) is 25.3 Å². The molecule has 0 bridgehead atoms. The molecule has 0 aromatic rings. The van der Waals surface area contributed by atoms with Crippen LogP contribution in [-0.2, 0) is 4.79 Å². The molecule has 44 valence electrons. The van der Waals surface area contributed by atoms with E-state index in [4.69, 9.17) is 0 Å². The average Bonchev–Trinajstić information content (AvgIpc) is 1.69. The number of carbonyl (C=O) groups is 1. The number of nitrogens with zero attached hydrogens (tertiary/aromatic N) is 1. The Labute approximate surface area is 53.6 Å². The van der Waals surface area contributed by atoms with Crippen LogP contribution in [0.2, 0.25) is 0 Å². The molecule has 0 saturated carbocycles. The van der Waals surface area contributed by atoms with Gasteiger partial charge in [0, 0.05) is 5.75 Å². The summed E-state index contributed by atoms with van der Waals surface area (Å²) in [6.07, 6.45) is 0. The van der Waals surface area contributed by atoms with Crippen LogP contribution in [0.15, 0.2) is 5.18 Å². The van der Waals surface area contributed by atoms with E-state index in [1.165, 1.54) is 7.85 Å². The highest BCUT2D eigenvalue weighted by molar-refractivity contribution is 7.80. The second-order valence-electron chi connectivity index (χ2n) is 1.41. The third kappa shape index (κ3) is 2.11. The quantitative estimate of drug-likeness (QED) is 0.310. The van der Waals surface area contributed by atoms with Gasteiger partial charge in [-0.05, 0) is 0 Å². The van der Waals surface area contributed by atoms with Gasteiger partial charge in [-0.3, -0.25) is 0 Å². The third-order valence-electron chi connectivity index (χ3n) is 0.769. The van der Waals surface area contributed by atoms with Crippen molar-refractivity contribution in [3.05, 3.63) is 4.91 Å². The number of carbonyl (C=O) groups excluding carboxylic acids is 1. The van der Waals surface area contributed by atoms with Crippen molar-refractivity contribution in [1.82, 2.24) is 0 Å². The third-order valence-corrected chi connectivity index (χ3v) is 1.12. The Morgan fingerprint density at radius 3 is 2.38 bits per heavy atom. The Bertz CT molecular complexity index is 107. The molecule has 0 amide bonds. The lowest BCUT2D eigenvalue weighted by Crippen LogP contribution is -2.19. The van der Waals surface area contributed by atoms with Gasteiger partial charge >= 0.3 is 0 Å². The van der Waals surface area contributed by atoms with Gasteiger partial charge < -0.3 is 4.79 Å². The highest BCUT2D eigenvalue weighted by atomic mass is 32.1. The van der Waals surface area contributed by atoms with Crippen LogP contribution in [0, 0.1) is 4.91 Å². The second kappa shape index (κ2) is 3.66. The van der Waals surface area contributed by atoms with Crippen molar-refractivity contribution in [2.24, 2.45) is 5.18 Å². The fraction of sp³-hybridized carbons (Fsp3) is 0.667. The Morgan fingerprint density at radius 2 is 2.38 bits per heavy atom. The van der Waals surface area contributed by atoms with Crippen molar-refractivity contribution in [2.75, 3.05) is 5.75 Å². The summed E-state index contributed by atoms with van der Waals surface area (Å²) in [4.78, 5) is 19.9. The zero-order chi connectivity index (χ0) is 6.57. The SMILES string of the molecule is BC(=O)[C@H](CS)N=O. The Hall–Kier alpha value is -0.315. The molecular weight excluding hydrogens is 125 g/mol. The van der Waals surface area contributed by atoms with Crippen molar-refractivity contribution in [2.45, 2.75) is 6.04 Å². The normalized spacial score (nSPS) is 12.6. The van der Waals surface area contributed by atoms with E-state index >= 15 is 0 Å². The summed E-state index contributed by atoms with van der Waals surface area (Å²) in [7, 11) is 1.32. The molecule has 0 spiro atoms. The van der Waals surface area contributed by atoms with Crippen molar-refractivity contribution in [3.63, 3.8) is 0 Å². The van der Waals surface area contributed by atoms with Gasteiger partial charge in [0.05, 0.1) is 0 Å². The van der Waals surface area contributed by atoms with Crippen molar-refractivity contribution >= 4 is 26.2 Å². The molecule has 0 unspecified atom stereocenters. The maximum absolute atomic E-state index is 10.3. The molecule has 0 saturated heterocycles. The second-order valence-corrected chi connectivity index (χ2v) is 1.78. The fourth-order valence-corrected chi connectivity index (χ4v) is 0.560. The summed E-state index contributed by atoms with van der Waals surface area (Å²) in [5, 5.41) is 2.53. The predicted octanol–water partition coefficient (Wildman–Crippen LogP) is -0.789. The van der Waals surface area contributed by atoms with Crippen molar-refractivity contribution in [3.8, 4) is 0 Å². The molecular formula is C3H6BNO2S. The van der Waals surface area contributed by atoms with Crippen LogP contribution >= 0.6 is 12.6 Å². The van der Waals surface area contributed by atoms with Gasteiger partial charge in [-0.2, -0.15) is 17.5 Å². The number of thiol groups is 1. The standard InChI is InChI=1S/C3H6BNO2S/c4-3(6)2(1-8)5-7/h2,8H,1,4H2/t2-/m0/s1. The van der Waals surface area contributed by atoms with E-state index in [9.17, 15) is 9.70 Å². The molecule has 0 heterocycles. The maximum atomic E-state index is 10.3. The van der Waals surface area contributed by atoms with Gasteiger partial charge in [0.15, 0.2) is 7.85 Å². The molecule has 0 rings (SSSR count). The molecule has 0 aliphatic rings. The summed E-state index contributed by atoms with van der Waals surface area (Å²) >= 11 is 3.72. The molecule has 0 N–H and O–H groups in total. The van der Waals surface area contributed by atoms with Gasteiger partial charge in [-0.15, -0.1) is 0 Å². The van der Waals surface area contributed by atoms with E-state index in [1.54, 1.807) is 0 Å². The van der Waals surface area contributed by atoms with Crippen LogP contribution in [0.25, 0.3) is 0 Å². The van der Waals surface area contributed by atoms with Crippen LogP contribution in [0.5, 0.6) is 0 Å². The number of hydrogen-bond acceptors (Lipinski definition) is 4. The number of nitroso groups, excluding NO2 is 1. The zero-order valence-electron chi connectivity index (χ0n) is 4.50. The summed E-state index contributed by atoms with van der Waals surface area (Å²) in [6.45, 7) is 0. The average molecular weight is 131 g/mol.